The van der Waals surface area contributed by atoms with Crippen LogP contribution in [0.15, 0.2) is 30.3 Å². The molecule has 0 saturated carbocycles. The second-order valence-corrected chi connectivity index (χ2v) is 8.45. The fraction of sp³-hybridized carbons (Fsp3) is 0.522. The summed E-state index contributed by atoms with van der Waals surface area (Å²) >= 11 is 0. The standard InChI is InChI=1S/C21H31N5O5.C2HF3O2/c1-13(22)20(29)24-11-17(27)25-18(14(2)31-12-15-7-4-3-5-8-15)21(30)26-10-6-9-16(26)19(23)28;3-2(4,5)1(6)7/h3-5,7-8,13-14,16,18H,6,9-12,22H2,1-2H3,(H2,23,28)(H,24,29)(H,25,27);(H,6,7)/t13-,14+,16-,18-;/m0./s1. The molecule has 1 heterocycles. The number of aliphatic carboxylic acids is 1. The van der Waals surface area contributed by atoms with Crippen molar-refractivity contribution in [3.8, 4) is 0 Å². The first-order valence-electron chi connectivity index (χ1n) is 11.5. The molecular formula is C23H32F3N5O7. The second-order valence-electron chi connectivity index (χ2n) is 8.45. The zero-order valence-electron chi connectivity index (χ0n) is 20.9. The van der Waals surface area contributed by atoms with E-state index in [1.165, 1.54) is 11.8 Å². The Morgan fingerprint density at radius 1 is 1.16 bits per heavy atom. The number of nitrogens with one attached hydrogen (secondary N) is 2. The molecule has 1 aromatic carbocycles. The van der Waals surface area contributed by atoms with Crippen LogP contribution >= 0.6 is 0 Å². The maximum Gasteiger partial charge on any atom is 0.490 e. The number of amides is 4. The third-order valence-corrected chi connectivity index (χ3v) is 5.35. The van der Waals surface area contributed by atoms with E-state index in [0.29, 0.717) is 19.4 Å². The topological polar surface area (TPSA) is 194 Å². The maximum absolute atomic E-state index is 13.2. The number of alkyl halides is 3. The highest BCUT2D eigenvalue weighted by molar-refractivity contribution is 5.93. The quantitative estimate of drug-likeness (QED) is 0.262. The van der Waals surface area contributed by atoms with Crippen LogP contribution in [0.5, 0.6) is 0 Å². The normalized spacial score (nSPS) is 17.3. The van der Waals surface area contributed by atoms with Crippen LogP contribution in [0.1, 0.15) is 32.3 Å². The molecule has 0 radical (unpaired) electrons. The molecule has 12 nitrogen and oxygen atoms in total. The summed E-state index contributed by atoms with van der Waals surface area (Å²) < 4.78 is 37.6. The highest BCUT2D eigenvalue weighted by atomic mass is 19.4. The van der Waals surface area contributed by atoms with Crippen molar-refractivity contribution in [2.75, 3.05) is 13.1 Å². The molecule has 4 amide bonds. The van der Waals surface area contributed by atoms with Crippen LogP contribution in [0.2, 0.25) is 0 Å². The van der Waals surface area contributed by atoms with Crippen LogP contribution in [-0.2, 0) is 35.3 Å². The van der Waals surface area contributed by atoms with Gasteiger partial charge < -0.3 is 36.8 Å². The molecule has 0 bridgehead atoms. The van der Waals surface area contributed by atoms with Crippen molar-refractivity contribution in [2.24, 2.45) is 11.5 Å². The molecule has 1 aliphatic rings. The molecule has 1 aromatic rings. The number of halogens is 3. The molecule has 212 valence electrons. The molecule has 0 aliphatic carbocycles. The van der Waals surface area contributed by atoms with Crippen LogP contribution < -0.4 is 22.1 Å². The van der Waals surface area contributed by atoms with Crippen LogP contribution in [0.25, 0.3) is 0 Å². The fourth-order valence-electron chi connectivity index (χ4n) is 3.34. The third kappa shape index (κ3) is 10.7. The minimum atomic E-state index is -5.08. The minimum Gasteiger partial charge on any atom is -0.475 e. The summed E-state index contributed by atoms with van der Waals surface area (Å²) in [7, 11) is 0. The molecule has 0 spiro atoms. The number of carboxylic acids is 1. The molecule has 38 heavy (non-hydrogen) atoms. The van der Waals surface area contributed by atoms with E-state index in [2.05, 4.69) is 10.6 Å². The number of rotatable bonds is 10. The Balaban J connectivity index is 0.000000905. The van der Waals surface area contributed by atoms with E-state index in [-0.39, 0.29) is 13.2 Å². The summed E-state index contributed by atoms with van der Waals surface area (Å²) in [5, 5.41) is 12.1. The number of likely N-dealkylation sites (tertiary alicyclic amines) is 1. The molecule has 4 atom stereocenters. The number of hydrogen-bond acceptors (Lipinski definition) is 7. The summed E-state index contributed by atoms with van der Waals surface area (Å²) in [6.45, 7) is 3.43. The lowest BCUT2D eigenvalue weighted by Gasteiger charge is -2.31. The lowest BCUT2D eigenvalue weighted by molar-refractivity contribution is -0.192. The average Bonchev–Trinajstić information content (AvgIpc) is 3.35. The number of carboxylic acid groups (broad SMARTS) is 1. The van der Waals surface area contributed by atoms with Crippen molar-refractivity contribution in [3.63, 3.8) is 0 Å². The van der Waals surface area contributed by atoms with Gasteiger partial charge in [0.15, 0.2) is 0 Å². The number of hydrogen-bond donors (Lipinski definition) is 5. The molecule has 2 rings (SSSR count). The minimum absolute atomic E-state index is 0.238. The van der Waals surface area contributed by atoms with E-state index < -0.39 is 60.0 Å². The van der Waals surface area contributed by atoms with Gasteiger partial charge in [0.05, 0.1) is 25.3 Å². The van der Waals surface area contributed by atoms with E-state index in [9.17, 15) is 32.3 Å². The van der Waals surface area contributed by atoms with E-state index in [0.717, 1.165) is 5.56 Å². The number of carbonyl (C=O) groups excluding carboxylic acids is 4. The van der Waals surface area contributed by atoms with Crippen molar-refractivity contribution in [1.29, 1.82) is 0 Å². The number of nitrogens with two attached hydrogens (primary N) is 2. The fourth-order valence-corrected chi connectivity index (χ4v) is 3.34. The Labute approximate surface area is 216 Å². The van der Waals surface area contributed by atoms with Gasteiger partial charge in [-0.15, -0.1) is 0 Å². The van der Waals surface area contributed by atoms with Crippen molar-refractivity contribution in [2.45, 2.75) is 63.7 Å². The van der Waals surface area contributed by atoms with Gasteiger partial charge in [-0.25, -0.2) is 4.79 Å². The van der Waals surface area contributed by atoms with Gasteiger partial charge >= 0.3 is 12.1 Å². The summed E-state index contributed by atoms with van der Waals surface area (Å²) in [6.07, 6.45) is -4.66. The van der Waals surface area contributed by atoms with Crippen LogP contribution in [0.3, 0.4) is 0 Å². The van der Waals surface area contributed by atoms with Gasteiger partial charge in [-0.1, -0.05) is 30.3 Å². The number of benzene rings is 1. The number of ether oxygens (including phenoxy) is 1. The Hall–Kier alpha value is -3.72. The molecule has 1 fully saturated rings. The summed E-state index contributed by atoms with van der Waals surface area (Å²) in [6, 6.07) is 6.86. The zero-order valence-corrected chi connectivity index (χ0v) is 20.9. The number of primary amides is 1. The molecule has 0 aromatic heterocycles. The number of carbonyl (C=O) groups is 5. The first-order valence-corrected chi connectivity index (χ1v) is 11.5. The summed E-state index contributed by atoms with van der Waals surface area (Å²) in [5.74, 6) is -4.85. The predicted octanol–water partition coefficient (Wildman–Crippen LogP) is -0.350. The lowest BCUT2D eigenvalue weighted by atomic mass is 10.1. The Kier molecular flexibility index (Phi) is 12.6. The highest BCUT2D eigenvalue weighted by Gasteiger charge is 2.39. The SMILES string of the molecule is C[C@H](N)C(=O)NCC(=O)N[C@H](C(=O)N1CCC[C@H]1C(N)=O)[C@@H](C)OCc1ccccc1.O=C(O)C(F)(F)F. The van der Waals surface area contributed by atoms with Gasteiger partial charge in [0.2, 0.25) is 23.6 Å². The lowest BCUT2D eigenvalue weighted by Crippen LogP contribution is -2.58. The van der Waals surface area contributed by atoms with Crippen LogP contribution in [0, 0.1) is 0 Å². The number of nitrogens with zero attached hydrogens (tertiary/aromatic N) is 1. The largest absolute Gasteiger partial charge is 0.490 e. The molecule has 7 N–H and O–H groups in total. The van der Waals surface area contributed by atoms with Crippen molar-refractivity contribution in [1.82, 2.24) is 15.5 Å². The first-order chi connectivity index (χ1) is 17.6. The van der Waals surface area contributed by atoms with Crippen molar-refractivity contribution < 1.29 is 47.0 Å². The Morgan fingerprint density at radius 2 is 1.74 bits per heavy atom. The predicted molar refractivity (Wildman–Crippen MR) is 127 cm³/mol. The van der Waals surface area contributed by atoms with Gasteiger partial charge in [0, 0.05) is 6.54 Å². The van der Waals surface area contributed by atoms with E-state index >= 15 is 0 Å². The summed E-state index contributed by atoms with van der Waals surface area (Å²) in [5.41, 5.74) is 11.8. The van der Waals surface area contributed by atoms with Gasteiger partial charge in [-0.05, 0) is 32.3 Å². The van der Waals surface area contributed by atoms with Crippen molar-refractivity contribution in [3.05, 3.63) is 35.9 Å². The Morgan fingerprint density at radius 3 is 2.24 bits per heavy atom. The molecule has 15 heteroatoms. The van der Waals surface area contributed by atoms with Gasteiger partial charge in [0.1, 0.15) is 12.1 Å². The zero-order chi connectivity index (χ0) is 29.0. The molecule has 1 aliphatic heterocycles. The molecule has 1 saturated heterocycles. The van der Waals surface area contributed by atoms with Gasteiger partial charge in [0.25, 0.3) is 0 Å². The third-order valence-electron chi connectivity index (χ3n) is 5.35. The van der Waals surface area contributed by atoms with Crippen LogP contribution in [-0.4, -0.2) is 83.1 Å². The smallest absolute Gasteiger partial charge is 0.475 e. The maximum atomic E-state index is 13.2. The van der Waals surface area contributed by atoms with E-state index in [4.69, 9.17) is 26.1 Å². The second kappa shape index (κ2) is 14.9. The van der Waals surface area contributed by atoms with Gasteiger partial charge in [-0.3, -0.25) is 19.2 Å². The monoisotopic (exact) mass is 547 g/mol. The Bertz CT molecular complexity index is 976. The van der Waals surface area contributed by atoms with Gasteiger partial charge in [-0.2, -0.15) is 13.2 Å². The van der Waals surface area contributed by atoms with E-state index in [1.54, 1.807) is 6.92 Å². The van der Waals surface area contributed by atoms with E-state index in [1.807, 2.05) is 30.3 Å². The van der Waals surface area contributed by atoms with Crippen LogP contribution in [0.4, 0.5) is 13.2 Å². The first kappa shape index (κ1) is 32.3. The molecule has 0 unspecified atom stereocenters. The van der Waals surface area contributed by atoms with Crippen molar-refractivity contribution >= 4 is 29.6 Å². The molecular weight excluding hydrogens is 515 g/mol. The average molecular weight is 548 g/mol. The highest BCUT2D eigenvalue weighted by Crippen LogP contribution is 2.20. The summed E-state index contributed by atoms with van der Waals surface area (Å²) in [4.78, 5) is 59.3.